The van der Waals surface area contributed by atoms with Crippen molar-refractivity contribution >= 4 is 34.5 Å². The summed E-state index contributed by atoms with van der Waals surface area (Å²) in [5.41, 5.74) is 2.83. The molecule has 1 amide bonds. The Morgan fingerprint density at radius 3 is 3.04 bits per heavy atom. The van der Waals surface area contributed by atoms with Crippen molar-refractivity contribution in [3.63, 3.8) is 0 Å². The molecular formula is C20H20N2O3S. The quantitative estimate of drug-likeness (QED) is 0.664. The Morgan fingerprint density at radius 2 is 2.19 bits per heavy atom. The Morgan fingerprint density at radius 1 is 1.31 bits per heavy atom. The second kappa shape index (κ2) is 7.51. The molecule has 0 bridgehead atoms. The van der Waals surface area contributed by atoms with Crippen LogP contribution in [0.15, 0.2) is 51.8 Å². The van der Waals surface area contributed by atoms with E-state index in [0.717, 1.165) is 35.6 Å². The van der Waals surface area contributed by atoms with Crippen LogP contribution in [0.3, 0.4) is 0 Å². The highest BCUT2D eigenvalue weighted by atomic mass is 32.2. The minimum Gasteiger partial charge on any atom is -0.441 e. The van der Waals surface area contributed by atoms with E-state index in [1.807, 2.05) is 42.5 Å². The molecule has 3 aromatic rings. The number of benzene rings is 2. The molecule has 1 aliphatic rings. The number of amides is 1. The molecule has 2 aromatic carbocycles. The zero-order valence-electron chi connectivity index (χ0n) is 14.5. The van der Waals surface area contributed by atoms with Crippen LogP contribution in [0.1, 0.15) is 29.1 Å². The van der Waals surface area contributed by atoms with Crippen LogP contribution in [0.4, 0.5) is 5.69 Å². The van der Waals surface area contributed by atoms with Crippen molar-refractivity contribution in [2.24, 2.45) is 0 Å². The fourth-order valence-electron chi connectivity index (χ4n) is 3.06. The fraction of sp³-hybridized carbons (Fsp3) is 0.300. The average molecular weight is 368 g/mol. The van der Waals surface area contributed by atoms with Gasteiger partial charge in [-0.2, -0.15) is 0 Å². The Kier molecular flexibility index (Phi) is 4.95. The Hall–Kier alpha value is -2.31. The van der Waals surface area contributed by atoms with Gasteiger partial charge in [-0.3, -0.25) is 4.79 Å². The van der Waals surface area contributed by atoms with Gasteiger partial charge in [0.2, 0.25) is 0 Å². The maximum atomic E-state index is 12.8. The van der Waals surface area contributed by atoms with Crippen molar-refractivity contribution in [1.82, 2.24) is 4.98 Å². The van der Waals surface area contributed by atoms with E-state index in [1.54, 1.807) is 18.7 Å². The van der Waals surface area contributed by atoms with Crippen LogP contribution in [0.5, 0.6) is 0 Å². The van der Waals surface area contributed by atoms with Gasteiger partial charge in [-0.15, -0.1) is 11.8 Å². The van der Waals surface area contributed by atoms with Gasteiger partial charge < -0.3 is 14.5 Å². The molecular weight excluding hydrogens is 348 g/mol. The first-order chi connectivity index (χ1) is 12.7. The summed E-state index contributed by atoms with van der Waals surface area (Å²) in [7, 11) is 0. The summed E-state index contributed by atoms with van der Waals surface area (Å²) in [6.07, 6.45) is 2.50. The van der Waals surface area contributed by atoms with E-state index < -0.39 is 0 Å². The second-order valence-corrected chi connectivity index (χ2v) is 7.37. The lowest BCUT2D eigenvalue weighted by molar-refractivity contribution is 0.102. The number of ether oxygens (including phenoxy) is 1. The Balaban J connectivity index is 1.49. The van der Waals surface area contributed by atoms with Crippen molar-refractivity contribution in [2.75, 3.05) is 17.7 Å². The number of carbonyl (C=O) groups excluding carboxylic acids is 1. The highest BCUT2D eigenvalue weighted by molar-refractivity contribution is 7.99. The maximum absolute atomic E-state index is 12.8. The van der Waals surface area contributed by atoms with Gasteiger partial charge in [0.25, 0.3) is 5.91 Å². The summed E-state index contributed by atoms with van der Waals surface area (Å²) in [6, 6.07) is 13.2. The highest BCUT2D eigenvalue weighted by Crippen LogP contribution is 2.28. The van der Waals surface area contributed by atoms with Crippen LogP contribution in [0.25, 0.3) is 11.1 Å². The van der Waals surface area contributed by atoms with Gasteiger partial charge in [0.05, 0.1) is 11.7 Å². The average Bonchev–Trinajstić information content (AvgIpc) is 3.28. The van der Waals surface area contributed by atoms with Gasteiger partial charge in [0.15, 0.2) is 11.5 Å². The van der Waals surface area contributed by atoms with E-state index in [9.17, 15) is 4.79 Å². The number of fused-ring (bicyclic) bond motifs is 1. The lowest BCUT2D eigenvalue weighted by Gasteiger charge is -2.12. The molecule has 0 unspecified atom stereocenters. The van der Waals surface area contributed by atoms with Crippen molar-refractivity contribution in [3.05, 3.63) is 53.9 Å². The molecule has 4 rings (SSSR count). The molecule has 0 aliphatic carbocycles. The lowest BCUT2D eigenvalue weighted by Crippen LogP contribution is -2.14. The number of oxazole rings is 1. The normalized spacial score (nSPS) is 16.9. The Bertz CT molecular complexity index is 932. The molecule has 1 saturated heterocycles. The number of nitrogens with one attached hydrogen (secondary N) is 1. The van der Waals surface area contributed by atoms with Gasteiger partial charge in [-0.1, -0.05) is 12.1 Å². The number of thioether (sulfide) groups is 1. The molecule has 1 aliphatic heterocycles. The van der Waals surface area contributed by atoms with Crippen molar-refractivity contribution in [2.45, 2.75) is 30.8 Å². The molecule has 1 N–H and O–H groups in total. The third-order valence-electron chi connectivity index (χ3n) is 4.33. The maximum Gasteiger partial charge on any atom is 0.256 e. The SMILES string of the molecule is Cc1nc2cc(NC(=O)c3ccccc3SC[C@H]3CCCO3)ccc2o1. The van der Waals surface area contributed by atoms with Crippen LogP contribution in [0.2, 0.25) is 0 Å². The fourth-order valence-corrected chi connectivity index (χ4v) is 4.18. The molecule has 6 heteroatoms. The number of nitrogens with zero attached hydrogens (tertiary/aromatic N) is 1. The van der Waals surface area contributed by atoms with Crippen LogP contribution in [0, 0.1) is 6.92 Å². The van der Waals surface area contributed by atoms with E-state index in [0.29, 0.717) is 22.7 Å². The first-order valence-corrected chi connectivity index (χ1v) is 9.69. The van der Waals surface area contributed by atoms with Gasteiger partial charge in [-0.25, -0.2) is 4.98 Å². The summed E-state index contributed by atoms with van der Waals surface area (Å²) < 4.78 is 11.1. The Labute approximate surface area is 156 Å². The topological polar surface area (TPSA) is 64.4 Å². The first-order valence-electron chi connectivity index (χ1n) is 8.71. The highest BCUT2D eigenvalue weighted by Gasteiger charge is 2.18. The third-order valence-corrected chi connectivity index (χ3v) is 5.54. The molecule has 5 nitrogen and oxygen atoms in total. The van der Waals surface area contributed by atoms with Gasteiger partial charge in [0, 0.05) is 29.9 Å². The minimum atomic E-state index is -0.125. The summed E-state index contributed by atoms with van der Waals surface area (Å²) in [6.45, 7) is 2.65. The molecule has 0 spiro atoms. The van der Waals surface area contributed by atoms with E-state index in [4.69, 9.17) is 9.15 Å². The van der Waals surface area contributed by atoms with E-state index >= 15 is 0 Å². The molecule has 134 valence electrons. The zero-order valence-corrected chi connectivity index (χ0v) is 15.3. The van der Waals surface area contributed by atoms with E-state index in [2.05, 4.69) is 10.3 Å². The largest absolute Gasteiger partial charge is 0.441 e. The van der Waals surface area contributed by atoms with Gasteiger partial charge in [0.1, 0.15) is 5.52 Å². The van der Waals surface area contributed by atoms with Crippen molar-refractivity contribution in [3.8, 4) is 0 Å². The molecule has 26 heavy (non-hydrogen) atoms. The summed E-state index contributed by atoms with van der Waals surface area (Å²) >= 11 is 1.68. The minimum absolute atomic E-state index is 0.125. The smallest absolute Gasteiger partial charge is 0.256 e. The third kappa shape index (κ3) is 3.76. The van der Waals surface area contributed by atoms with Crippen LogP contribution in [-0.2, 0) is 4.74 Å². The molecule has 0 saturated carbocycles. The number of aromatic nitrogens is 1. The standard InChI is InChI=1S/C20H20N2O3S/c1-13-21-17-11-14(8-9-18(17)25-13)22-20(23)16-6-2-3-7-19(16)26-12-15-5-4-10-24-15/h2-3,6-9,11,15H,4-5,10,12H2,1H3,(H,22,23)/t15-/m1/s1. The van der Waals surface area contributed by atoms with Crippen LogP contribution >= 0.6 is 11.8 Å². The number of rotatable bonds is 5. The monoisotopic (exact) mass is 368 g/mol. The predicted octanol–water partition coefficient (Wildman–Crippen LogP) is 4.66. The summed E-state index contributed by atoms with van der Waals surface area (Å²) in [5.74, 6) is 1.36. The number of anilines is 1. The van der Waals surface area contributed by atoms with Gasteiger partial charge >= 0.3 is 0 Å². The second-order valence-electron chi connectivity index (χ2n) is 6.31. The van der Waals surface area contributed by atoms with E-state index in [1.165, 1.54) is 0 Å². The number of aryl methyl sites for hydroxylation is 1. The number of carbonyl (C=O) groups is 1. The van der Waals surface area contributed by atoms with Crippen LogP contribution < -0.4 is 5.32 Å². The molecule has 0 radical (unpaired) electrons. The van der Waals surface area contributed by atoms with Crippen molar-refractivity contribution in [1.29, 1.82) is 0 Å². The number of hydrogen-bond acceptors (Lipinski definition) is 5. The predicted molar refractivity (Wildman–Crippen MR) is 103 cm³/mol. The molecule has 1 aromatic heterocycles. The van der Waals surface area contributed by atoms with Gasteiger partial charge in [-0.05, 0) is 43.2 Å². The van der Waals surface area contributed by atoms with E-state index in [-0.39, 0.29) is 12.0 Å². The molecule has 1 fully saturated rings. The summed E-state index contributed by atoms with van der Waals surface area (Å²) in [5, 5.41) is 2.96. The lowest BCUT2D eigenvalue weighted by atomic mass is 10.2. The first kappa shape index (κ1) is 17.1. The molecule has 2 heterocycles. The molecule has 1 atom stereocenters. The van der Waals surface area contributed by atoms with Crippen LogP contribution in [-0.4, -0.2) is 29.4 Å². The zero-order chi connectivity index (χ0) is 17.9. The summed E-state index contributed by atoms with van der Waals surface area (Å²) in [4.78, 5) is 18.1. The van der Waals surface area contributed by atoms with Crippen molar-refractivity contribution < 1.29 is 13.9 Å². The number of hydrogen-bond donors (Lipinski definition) is 1.